The van der Waals surface area contributed by atoms with Crippen LogP contribution in [0.4, 0.5) is 17.5 Å². The Hall–Kier alpha value is -4.74. The number of hydrogen-bond acceptors (Lipinski definition) is 24. The highest BCUT2D eigenvalue weighted by Gasteiger charge is 2.49. The number of phosphoric acid groups is 2. The Morgan fingerprint density at radius 3 is 1.50 bits per heavy atom. The predicted molar refractivity (Wildman–Crippen MR) is 214 cm³/mol. The highest BCUT2D eigenvalue weighted by atomic mass is 31.2. The maximum atomic E-state index is 14.0. The van der Waals surface area contributed by atoms with E-state index in [9.17, 15) is 28.4 Å². The van der Waals surface area contributed by atoms with Gasteiger partial charge in [-0.25, -0.2) is 54.0 Å². The van der Waals surface area contributed by atoms with Crippen molar-refractivity contribution in [3.05, 3.63) is 38.0 Å². The molecule has 0 aliphatic carbocycles. The van der Waals surface area contributed by atoms with Crippen molar-refractivity contribution in [3.8, 4) is 0 Å². The van der Waals surface area contributed by atoms with Gasteiger partial charge in [0.25, 0.3) is 0 Å². The van der Waals surface area contributed by atoms with Crippen molar-refractivity contribution in [2.24, 2.45) is 0 Å². The number of imidazole rings is 3. The lowest BCUT2D eigenvalue weighted by atomic mass is 10.2. The average molecular weight is 956 g/mol. The number of nitrogens with zero attached hydrogens (tertiary/aromatic N) is 12. The second-order valence-corrected chi connectivity index (χ2v) is 19.3. The monoisotopic (exact) mass is 955 g/mol. The van der Waals surface area contributed by atoms with E-state index in [2.05, 4.69) is 44.9 Å². The van der Waals surface area contributed by atoms with Crippen LogP contribution in [0.25, 0.3) is 33.5 Å². The van der Waals surface area contributed by atoms with Gasteiger partial charge >= 0.3 is 23.2 Å². The van der Waals surface area contributed by atoms with Crippen LogP contribution in [0.15, 0.2) is 38.0 Å². The van der Waals surface area contributed by atoms with E-state index in [-0.39, 0.29) is 59.0 Å². The summed E-state index contributed by atoms with van der Waals surface area (Å²) >= 11 is 0. The molecule has 3 aliphatic heterocycles. The largest absolute Gasteiger partial charge is 0.474 e. The van der Waals surface area contributed by atoms with Crippen molar-refractivity contribution < 1.29 is 69.9 Å². The van der Waals surface area contributed by atoms with Crippen LogP contribution >= 0.6 is 23.2 Å². The molecule has 12 atom stereocenters. The van der Waals surface area contributed by atoms with E-state index in [0.717, 1.165) is 6.66 Å². The summed E-state index contributed by atoms with van der Waals surface area (Å²) in [7, 11) is -13.0. The van der Waals surface area contributed by atoms with E-state index in [1.54, 1.807) is 4.57 Å². The summed E-state index contributed by atoms with van der Waals surface area (Å²) in [6.07, 6.45) is -2.85. The lowest BCUT2D eigenvalue weighted by molar-refractivity contribution is -0.138. The number of nitrogens with two attached hydrogens (primary N) is 3. The Labute approximate surface area is 359 Å². The first-order valence-electron chi connectivity index (χ1n) is 19.0. The highest BCUT2D eigenvalue weighted by molar-refractivity contribution is 7.51. The van der Waals surface area contributed by atoms with Crippen LogP contribution in [0, 0.1) is 0 Å². The molecule has 9 rings (SSSR count). The molecule has 3 saturated heterocycles. The number of phosphoric ester groups is 2. The first-order valence-corrected chi connectivity index (χ1v) is 24.1. The van der Waals surface area contributed by atoms with Crippen LogP contribution in [0.2, 0.25) is 0 Å². The summed E-state index contributed by atoms with van der Waals surface area (Å²) < 4.78 is 95.3. The van der Waals surface area contributed by atoms with Crippen molar-refractivity contribution in [1.82, 2.24) is 58.6 Å². The molecule has 6 aromatic heterocycles. The fourth-order valence-corrected chi connectivity index (χ4v) is 9.93. The third kappa shape index (κ3) is 9.08. The summed E-state index contributed by atoms with van der Waals surface area (Å²) in [4.78, 5) is 69.4. The third-order valence-electron chi connectivity index (χ3n) is 10.4. The first-order chi connectivity index (χ1) is 30.5. The Morgan fingerprint density at radius 1 is 0.594 bits per heavy atom. The number of hydrogen-bond donors (Lipinski definition) is 6. The summed E-state index contributed by atoms with van der Waals surface area (Å²) in [5.41, 5.74) is 19.5. The van der Waals surface area contributed by atoms with Crippen LogP contribution in [0.5, 0.6) is 0 Å². The van der Waals surface area contributed by atoms with Gasteiger partial charge in [-0.15, -0.1) is 0 Å². The minimum atomic E-state index is -5.25. The Balaban J connectivity index is 0.927. The fourth-order valence-electron chi connectivity index (χ4n) is 7.52. The van der Waals surface area contributed by atoms with Gasteiger partial charge < -0.3 is 55.4 Å². The van der Waals surface area contributed by atoms with Crippen LogP contribution in [0.3, 0.4) is 0 Å². The molecule has 64 heavy (non-hydrogen) atoms. The normalized spacial score (nSPS) is 29.1. The van der Waals surface area contributed by atoms with E-state index in [1.807, 2.05) is 0 Å². The van der Waals surface area contributed by atoms with Crippen molar-refractivity contribution in [1.29, 1.82) is 0 Å². The molecule has 0 radical (unpaired) electrons. The maximum Gasteiger partial charge on any atom is 0.474 e. The number of aromatic nitrogens is 12. The Kier molecular flexibility index (Phi) is 12.0. The van der Waals surface area contributed by atoms with Crippen LogP contribution < -0.4 is 17.2 Å². The minimum Gasteiger partial charge on any atom is -0.382 e. The lowest BCUT2D eigenvalue weighted by Gasteiger charge is -2.26. The molecule has 3 aliphatic rings. The quantitative estimate of drug-likeness (QED) is 0.0735. The van der Waals surface area contributed by atoms with E-state index in [0.29, 0.717) is 11.2 Å². The second kappa shape index (κ2) is 17.2. The molecule has 9 N–H and O–H groups in total. The van der Waals surface area contributed by atoms with E-state index in [1.165, 1.54) is 54.2 Å². The fraction of sp³-hybridized carbons (Fsp3) is 0.516. The van der Waals surface area contributed by atoms with E-state index < -0.39 is 91.9 Å². The molecular formula is C31H40N15O15P3. The molecular weight excluding hydrogens is 915 g/mol. The Bertz CT molecular complexity index is 2830. The number of rotatable bonds is 16. The van der Waals surface area contributed by atoms with Crippen LogP contribution in [-0.4, -0.2) is 137 Å². The summed E-state index contributed by atoms with van der Waals surface area (Å²) in [5, 5.41) is 0. The number of nitrogen functional groups attached to an aromatic ring is 3. The zero-order chi connectivity index (χ0) is 45.1. The van der Waals surface area contributed by atoms with Gasteiger partial charge in [-0.2, -0.15) is 0 Å². The maximum absolute atomic E-state index is 14.0. The number of ether oxygens (including phenoxy) is 4. The number of anilines is 3. The number of fused-ring (bicyclic) bond motifs is 3. The van der Waals surface area contributed by atoms with Gasteiger partial charge in [0, 0.05) is 33.0 Å². The summed E-state index contributed by atoms with van der Waals surface area (Å²) in [6.45, 7) is -0.143. The standard InChI is InChI=1S/C31H40N15O15P3/c1-53-14-3-19(44-11-41-22-25(32)35-8-38-28(22)44)56-17(14)7-55-63(49,50)61-31-16(5-21(58-31)46-13-43-24-27(34)37-10-40-30(24)46)60-64(51,52)59-15-4-20(57-18(15)6-54-62(2,47)48)45-12-42-23-26(33)36-9-39-29(23)45/h8-21,31H,3-7H2,1-2H3,(H,47,48)(H,49,50)(H,51,52)(H2,32,35,38)(H2,33,36,39)(H2,34,37,40)/t14-,15-,16-,17-,18-,19-,20-,21-,31-/m1/s1. The van der Waals surface area contributed by atoms with Crippen molar-refractivity contribution in [2.45, 2.75) is 74.8 Å². The molecule has 0 bridgehead atoms. The van der Waals surface area contributed by atoms with E-state index >= 15 is 0 Å². The molecule has 9 heterocycles. The van der Waals surface area contributed by atoms with Crippen molar-refractivity contribution in [3.63, 3.8) is 0 Å². The van der Waals surface area contributed by atoms with Gasteiger partial charge in [-0.3, -0.25) is 36.4 Å². The van der Waals surface area contributed by atoms with Gasteiger partial charge in [0.05, 0.1) is 38.3 Å². The zero-order valence-electron chi connectivity index (χ0n) is 33.4. The first kappa shape index (κ1) is 44.5. The van der Waals surface area contributed by atoms with Crippen molar-refractivity contribution in [2.75, 3.05) is 44.2 Å². The molecule has 344 valence electrons. The summed E-state index contributed by atoms with van der Waals surface area (Å²) in [6, 6.07) is 0. The van der Waals surface area contributed by atoms with Gasteiger partial charge in [0.1, 0.15) is 78.6 Å². The van der Waals surface area contributed by atoms with Gasteiger partial charge in [0.15, 0.2) is 40.7 Å². The highest BCUT2D eigenvalue weighted by Crippen LogP contribution is 2.55. The SMILES string of the molecule is CO[C@@H]1C[C@H](n2cnc3c(N)ncnc32)O[C@@H]1COP(=O)(O)O[C@H]1O[C@@H](n2cnc3c(N)ncnc32)C[C@H]1OP(=O)(O)O[C@@H]1C[C@H](n2cnc3c(N)ncnc32)O[C@@H]1COP(C)(=O)O. The topological polar surface area (TPSA) is 404 Å². The smallest absolute Gasteiger partial charge is 0.382 e. The van der Waals surface area contributed by atoms with Crippen LogP contribution in [0.1, 0.15) is 37.9 Å². The Morgan fingerprint density at radius 2 is 1.02 bits per heavy atom. The predicted octanol–water partition coefficient (Wildman–Crippen LogP) is 0.924. The van der Waals surface area contributed by atoms with Gasteiger partial charge in [-0.1, -0.05) is 0 Å². The molecule has 3 unspecified atom stereocenters. The van der Waals surface area contributed by atoms with Gasteiger partial charge in [0.2, 0.25) is 0 Å². The lowest BCUT2D eigenvalue weighted by Crippen LogP contribution is -2.31. The zero-order valence-corrected chi connectivity index (χ0v) is 36.1. The molecule has 30 nitrogen and oxygen atoms in total. The molecule has 0 amide bonds. The third-order valence-corrected chi connectivity index (χ3v) is 13.1. The molecule has 0 aromatic carbocycles. The minimum absolute atomic E-state index is 0.0454. The van der Waals surface area contributed by atoms with Crippen LogP contribution in [-0.2, 0) is 55.3 Å². The molecule has 6 aromatic rings. The molecule has 33 heteroatoms. The summed E-state index contributed by atoms with van der Waals surface area (Å²) in [5.74, 6) is 0.296. The van der Waals surface area contributed by atoms with Crippen molar-refractivity contribution >= 4 is 74.2 Å². The average Bonchev–Trinajstić information content (AvgIpc) is 4.09. The second-order valence-electron chi connectivity index (χ2n) is 14.7. The van der Waals surface area contributed by atoms with E-state index in [4.69, 9.17) is 58.8 Å². The molecule has 3 fully saturated rings. The molecule has 0 saturated carbocycles. The molecule has 0 spiro atoms. The van der Waals surface area contributed by atoms with Gasteiger partial charge in [-0.05, 0) is 0 Å². The number of methoxy groups -OCH3 is 1.